The second kappa shape index (κ2) is 4.17. The predicted molar refractivity (Wildman–Crippen MR) is 69.2 cm³/mol. The normalized spacial score (nSPS) is 24.1. The lowest BCUT2D eigenvalue weighted by molar-refractivity contribution is -0.124. The largest absolute Gasteiger partial charge is 0.312 e. The highest BCUT2D eigenvalue weighted by Gasteiger charge is 2.33. The molecule has 1 aliphatic heterocycles. The zero-order valence-electron chi connectivity index (χ0n) is 10.4. The summed E-state index contributed by atoms with van der Waals surface area (Å²) in [5, 5.41) is 0. The van der Waals surface area contributed by atoms with Crippen molar-refractivity contribution in [1.29, 1.82) is 0 Å². The zero-order valence-corrected chi connectivity index (χ0v) is 10.4. The highest BCUT2D eigenvalue weighted by Crippen LogP contribution is 2.37. The van der Waals surface area contributed by atoms with Gasteiger partial charge in [0.2, 0.25) is 5.91 Å². The Bertz CT molecular complexity index is 436. The molecule has 0 radical (unpaired) electrons. The number of nitrogens with zero attached hydrogens (tertiary/aromatic N) is 1. The van der Waals surface area contributed by atoms with E-state index in [1.807, 2.05) is 11.0 Å². The summed E-state index contributed by atoms with van der Waals surface area (Å²) in [6.45, 7) is 3.15. The number of rotatable bonds is 1. The molecule has 3 rings (SSSR count). The maximum Gasteiger partial charge on any atom is 0.230 e. The molecule has 1 atom stereocenters. The molecule has 1 fully saturated rings. The predicted octanol–water partition coefficient (Wildman–Crippen LogP) is 3.33. The smallest absolute Gasteiger partial charge is 0.230 e. The molecule has 1 heterocycles. The third-order valence-corrected chi connectivity index (χ3v) is 4.26. The number of hydrogen-bond donors (Lipinski definition) is 0. The fourth-order valence-corrected chi connectivity index (χ4v) is 2.85. The summed E-state index contributed by atoms with van der Waals surface area (Å²) in [7, 11) is 0. The lowest BCUT2D eigenvalue weighted by Gasteiger charge is -2.37. The quantitative estimate of drug-likeness (QED) is 0.723. The van der Waals surface area contributed by atoms with Crippen LogP contribution in [0.15, 0.2) is 24.3 Å². The van der Waals surface area contributed by atoms with Gasteiger partial charge in [-0.3, -0.25) is 4.79 Å². The standard InChI is InChI=1S/C15H19NO/c1-11-9-10-16(15(17)12-5-4-6-12)14-8-3-2-7-13(11)14/h2-3,7-8,11-12H,4-6,9-10H2,1H3. The van der Waals surface area contributed by atoms with Gasteiger partial charge in [-0.1, -0.05) is 31.5 Å². The molecule has 2 heteroatoms. The first-order valence-corrected chi connectivity index (χ1v) is 6.67. The summed E-state index contributed by atoms with van der Waals surface area (Å²) in [6.07, 6.45) is 4.50. The van der Waals surface area contributed by atoms with Gasteiger partial charge in [0.1, 0.15) is 0 Å². The molecule has 1 aromatic rings. The van der Waals surface area contributed by atoms with Crippen molar-refractivity contribution in [3.8, 4) is 0 Å². The molecule has 1 aliphatic carbocycles. The number of benzene rings is 1. The molecule has 2 aliphatic rings. The molecule has 1 unspecified atom stereocenters. The minimum atomic E-state index is 0.302. The summed E-state index contributed by atoms with van der Waals surface area (Å²) in [5.41, 5.74) is 2.49. The van der Waals surface area contributed by atoms with E-state index < -0.39 is 0 Å². The van der Waals surface area contributed by atoms with Gasteiger partial charge in [-0.05, 0) is 36.8 Å². The Hall–Kier alpha value is -1.31. The Balaban J connectivity index is 1.92. The van der Waals surface area contributed by atoms with E-state index in [1.165, 1.54) is 12.0 Å². The fourth-order valence-electron chi connectivity index (χ4n) is 2.85. The van der Waals surface area contributed by atoms with Crippen molar-refractivity contribution in [3.05, 3.63) is 29.8 Å². The molecule has 17 heavy (non-hydrogen) atoms. The van der Waals surface area contributed by atoms with Crippen LogP contribution in [0.25, 0.3) is 0 Å². The van der Waals surface area contributed by atoms with Gasteiger partial charge in [0.25, 0.3) is 0 Å². The topological polar surface area (TPSA) is 20.3 Å². The van der Waals surface area contributed by atoms with E-state index in [9.17, 15) is 4.79 Å². The third kappa shape index (κ3) is 1.76. The molecule has 0 N–H and O–H groups in total. The lowest BCUT2D eigenvalue weighted by atomic mass is 9.83. The van der Waals surface area contributed by atoms with Gasteiger partial charge >= 0.3 is 0 Å². The second-order valence-electron chi connectivity index (χ2n) is 5.37. The van der Waals surface area contributed by atoms with Crippen molar-refractivity contribution in [2.45, 2.75) is 38.5 Å². The Morgan fingerprint density at radius 3 is 2.71 bits per heavy atom. The van der Waals surface area contributed by atoms with Crippen LogP contribution in [-0.2, 0) is 4.79 Å². The maximum absolute atomic E-state index is 12.4. The van der Waals surface area contributed by atoms with E-state index in [2.05, 4.69) is 25.1 Å². The van der Waals surface area contributed by atoms with Crippen molar-refractivity contribution in [1.82, 2.24) is 0 Å². The first-order chi connectivity index (χ1) is 8.27. The highest BCUT2D eigenvalue weighted by molar-refractivity contribution is 5.96. The number of amides is 1. The minimum absolute atomic E-state index is 0.302. The molecular weight excluding hydrogens is 210 g/mol. The highest BCUT2D eigenvalue weighted by atomic mass is 16.2. The van der Waals surface area contributed by atoms with Crippen molar-refractivity contribution in [3.63, 3.8) is 0 Å². The Morgan fingerprint density at radius 2 is 2.00 bits per heavy atom. The summed E-state index contributed by atoms with van der Waals surface area (Å²) in [5.74, 6) is 1.24. The van der Waals surface area contributed by atoms with Gasteiger partial charge < -0.3 is 4.90 Å². The van der Waals surface area contributed by atoms with E-state index in [0.717, 1.165) is 31.5 Å². The van der Waals surface area contributed by atoms with Gasteiger partial charge in [0.05, 0.1) is 0 Å². The molecule has 0 aromatic heterocycles. The SMILES string of the molecule is CC1CCN(C(=O)C2CCC2)c2ccccc21. The molecule has 2 nitrogen and oxygen atoms in total. The van der Waals surface area contributed by atoms with Gasteiger partial charge in [-0.25, -0.2) is 0 Å². The van der Waals surface area contributed by atoms with Crippen LogP contribution in [0.2, 0.25) is 0 Å². The number of anilines is 1. The van der Waals surface area contributed by atoms with Gasteiger partial charge in [0.15, 0.2) is 0 Å². The number of hydrogen-bond acceptors (Lipinski definition) is 1. The molecule has 1 amide bonds. The summed E-state index contributed by atoms with van der Waals surface area (Å²) in [6, 6.07) is 8.38. The molecular formula is C15H19NO. The summed E-state index contributed by atoms with van der Waals surface area (Å²) < 4.78 is 0. The van der Waals surface area contributed by atoms with E-state index in [0.29, 0.717) is 17.7 Å². The third-order valence-electron chi connectivity index (χ3n) is 4.26. The Labute approximate surface area is 103 Å². The summed E-state index contributed by atoms with van der Waals surface area (Å²) >= 11 is 0. The summed E-state index contributed by atoms with van der Waals surface area (Å²) in [4.78, 5) is 14.4. The monoisotopic (exact) mass is 229 g/mol. The molecule has 1 aromatic carbocycles. The lowest BCUT2D eigenvalue weighted by Crippen LogP contribution is -2.42. The molecule has 0 bridgehead atoms. The van der Waals surface area contributed by atoms with Crippen LogP contribution in [-0.4, -0.2) is 12.5 Å². The van der Waals surface area contributed by atoms with E-state index in [-0.39, 0.29) is 0 Å². The molecule has 90 valence electrons. The number of para-hydroxylation sites is 1. The Kier molecular flexibility index (Phi) is 2.65. The number of carbonyl (C=O) groups excluding carboxylic acids is 1. The van der Waals surface area contributed by atoms with E-state index >= 15 is 0 Å². The number of fused-ring (bicyclic) bond motifs is 1. The van der Waals surface area contributed by atoms with Crippen LogP contribution < -0.4 is 4.90 Å². The van der Waals surface area contributed by atoms with E-state index in [1.54, 1.807) is 0 Å². The van der Waals surface area contributed by atoms with Crippen LogP contribution in [0.3, 0.4) is 0 Å². The molecule has 0 saturated heterocycles. The molecule has 0 spiro atoms. The van der Waals surface area contributed by atoms with Crippen molar-refractivity contribution in [2.75, 3.05) is 11.4 Å². The van der Waals surface area contributed by atoms with Gasteiger partial charge in [0, 0.05) is 18.2 Å². The average molecular weight is 229 g/mol. The Morgan fingerprint density at radius 1 is 1.24 bits per heavy atom. The van der Waals surface area contributed by atoms with Gasteiger partial charge in [-0.15, -0.1) is 0 Å². The van der Waals surface area contributed by atoms with Crippen molar-refractivity contribution in [2.24, 2.45) is 5.92 Å². The van der Waals surface area contributed by atoms with Crippen molar-refractivity contribution >= 4 is 11.6 Å². The zero-order chi connectivity index (χ0) is 11.8. The maximum atomic E-state index is 12.4. The first kappa shape index (κ1) is 10.8. The van der Waals surface area contributed by atoms with Crippen LogP contribution in [0.1, 0.15) is 44.1 Å². The number of carbonyl (C=O) groups is 1. The van der Waals surface area contributed by atoms with Gasteiger partial charge in [-0.2, -0.15) is 0 Å². The van der Waals surface area contributed by atoms with Crippen molar-refractivity contribution < 1.29 is 4.79 Å². The van der Waals surface area contributed by atoms with Crippen LogP contribution >= 0.6 is 0 Å². The fraction of sp³-hybridized carbons (Fsp3) is 0.533. The van der Waals surface area contributed by atoms with Crippen LogP contribution in [0.5, 0.6) is 0 Å². The minimum Gasteiger partial charge on any atom is -0.312 e. The average Bonchev–Trinajstić information content (AvgIpc) is 2.27. The van der Waals surface area contributed by atoms with Crippen LogP contribution in [0.4, 0.5) is 5.69 Å². The molecule has 1 saturated carbocycles. The van der Waals surface area contributed by atoms with E-state index in [4.69, 9.17) is 0 Å². The first-order valence-electron chi connectivity index (χ1n) is 6.67. The van der Waals surface area contributed by atoms with Crippen LogP contribution in [0, 0.1) is 5.92 Å². The second-order valence-corrected chi connectivity index (χ2v) is 5.37.